The van der Waals surface area contributed by atoms with E-state index < -0.39 is 0 Å². The standard InChI is InChI=1S/C15H14N4/c1-10-9-11(2)17-15-12(10)6-7-14(19-15)18-13-5-3-4-8-16-13/h3-9H,1-2H3,(H,16,17,18,19). The summed E-state index contributed by atoms with van der Waals surface area (Å²) in [5, 5.41) is 4.25. The Balaban J connectivity index is 2.02. The van der Waals surface area contributed by atoms with Crippen molar-refractivity contribution >= 4 is 22.7 Å². The maximum absolute atomic E-state index is 4.53. The summed E-state index contributed by atoms with van der Waals surface area (Å²) in [4.78, 5) is 13.2. The van der Waals surface area contributed by atoms with Crippen molar-refractivity contribution in [3.8, 4) is 0 Å². The van der Waals surface area contributed by atoms with Gasteiger partial charge in [-0.3, -0.25) is 0 Å². The number of nitrogens with zero attached hydrogens (tertiary/aromatic N) is 3. The zero-order chi connectivity index (χ0) is 13.2. The van der Waals surface area contributed by atoms with Crippen LogP contribution in [0.25, 0.3) is 11.0 Å². The first-order valence-electron chi connectivity index (χ1n) is 6.15. The summed E-state index contributed by atoms with van der Waals surface area (Å²) in [6.45, 7) is 4.05. The highest BCUT2D eigenvalue weighted by Gasteiger charge is 2.04. The molecule has 0 unspecified atom stereocenters. The largest absolute Gasteiger partial charge is 0.325 e. The number of anilines is 2. The Hall–Kier alpha value is -2.49. The molecule has 0 aliphatic carbocycles. The topological polar surface area (TPSA) is 50.7 Å². The molecule has 4 nitrogen and oxygen atoms in total. The van der Waals surface area contributed by atoms with Gasteiger partial charge in [0.2, 0.25) is 0 Å². The van der Waals surface area contributed by atoms with Gasteiger partial charge in [0.1, 0.15) is 11.6 Å². The Morgan fingerprint density at radius 1 is 0.947 bits per heavy atom. The van der Waals surface area contributed by atoms with Gasteiger partial charge in [0.25, 0.3) is 0 Å². The number of aryl methyl sites for hydroxylation is 2. The predicted molar refractivity (Wildman–Crippen MR) is 76.5 cm³/mol. The van der Waals surface area contributed by atoms with Gasteiger partial charge in [-0.05, 0) is 49.7 Å². The van der Waals surface area contributed by atoms with Gasteiger partial charge in [-0.1, -0.05) is 6.07 Å². The zero-order valence-corrected chi connectivity index (χ0v) is 10.9. The molecule has 3 heterocycles. The maximum Gasteiger partial charge on any atom is 0.162 e. The van der Waals surface area contributed by atoms with Crippen molar-refractivity contribution in [2.75, 3.05) is 5.32 Å². The number of nitrogens with one attached hydrogen (secondary N) is 1. The summed E-state index contributed by atoms with van der Waals surface area (Å²) in [6, 6.07) is 11.8. The van der Waals surface area contributed by atoms with Crippen molar-refractivity contribution in [3.05, 3.63) is 53.9 Å². The average Bonchev–Trinajstić information content (AvgIpc) is 2.39. The van der Waals surface area contributed by atoms with Crippen LogP contribution < -0.4 is 5.32 Å². The van der Waals surface area contributed by atoms with Gasteiger partial charge >= 0.3 is 0 Å². The normalized spacial score (nSPS) is 10.6. The van der Waals surface area contributed by atoms with E-state index in [1.54, 1.807) is 6.20 Å². The van der Waals surface area contributed by atoms with Crippen LogP contribution in [0, 0.1) is 13.8 Å². The van der Waals surface area contributed by atoms with Crippen LogP contribution in [0.5, 0.6) is 0 Å². The van der Waals surface area contributed by atoms with Gasteiger partial charge < -0.3 is 5.32 Å². The number of rotatable bonds is 2. The fraction of sp³-hybridized carbons (Fsp3) is 0.133. The second-order valence-corrected chi connectivity index (χ2v) is 4.49. The molecule has 94 valence electrons. The van der Waals surface area contributed by atoms with E-state index in [1.807, 2.05) is 37.3 Å². The first-order valence-corrected chi connectivity index (χ1v) is 6.15. The lowest BCUT2D eigenvalue weighted by molar-refractivity contribution is 1.18. The molecule has 3 aromatic rings. The smallest absolute Gasteiger partial charge is 0.162 e. The molecule has 0 saturated carbocycles. The molecule has 3 rings (SSSR count). The van der Waals surface area contributed by atoms with E-state index in [0.29, 0.717) is 0 Å². The van der Waals surface area contributed by atoms with Crippen molar-refractivity contribution in [2.24, 2.45) is 0 Å². The van der Waals surface area contributed by atoms with Crippen molar-refractivity contribution in [1.82, 2.24) is 15.0 Å². The van der Waals surface area contributed by atoms with Crippen LogP contribution in [-0.2, 0) is 0 Å². The van der Waals surface area contributed by atoms with E-state index in [0.717, 1.165) is 28.4 Å². The van der Waals surface area contributed by atoms with Gasteiger partial charge in [-0.2, -0.15) is 0 Å². The molecular weight excluding hydrogens is 236 g/mol. The zero-order valence-electron chi connectivity index (χ0n) is 10.9. The van der Waals surface area contributed by atoms with Gasteiger partial charge in [0, 0.05) is 17.3 Å². The first-order chi connectivity index (χ1) is 9.22. The Morgan fingerprint density at radius 2 is 1.84 bits per heavy atom. The van der Waals surface area contributed by atoms with Crippen LogP contribution >= 0.6 is 0 Å². The number of fused-ring (bicyclic) bond motifs is 1. The summed E-state index contributed by atoms with van der Waals surface area (Å²) in [6.07, 6.45) is 1.75. The second-order valence-electron chi connectivity index (χ2n) is 4.49. The van der Waals surface area contributed by atoms with E-state index >= 15 is 0 Å². The fourth-order valence-electron chi connectivity index (χ4n) is 2.07. The van der Waals surface area contributed by atoms with E-state index in [2.05, 4.69) is 33.3 Å². The Morgan fingerprint density at radius 3 is 2.63 bits per heavy atom. The molecule has 0 saturated heterocycles. The van der Waals surface area contributed by atoms with Crippen LogP contribution in [0.1, 0.15) is 11.3 Å². The molecule has 0 radical (unpaired) electrons. The minimum absolute atomic E-state index is 0.753. The van der Waals surface area contributed by atoms with E-state index in [9.17, 15) is 0 Å². The molecule has 19 heavy (non-hydrogen) atoms. The lowest BCUT2D eigenvalue weighted by Crippen LogP contribution is -1.97. The number of hydrogen-bond donors (Lipinski definition) is 1. The quantitative estimate of drug-likeness (QED) is 0.757. The molecule has 0 aliphatic heterocycles. The number of aromatic nitrogens is 3. The SMILES string of the molecule is Cc1cc(C)c2ccc(Nc3ccccn3)nc2n1. The maximum atomic E-state index is 4.53. The third kappa shape index (κ3) is 2.38. The lowest BCUT2D eigenvalue weighted by Gasteiger charge is -2.07. The van der Waals surface area contributed by atoms with E-state index in [1.165, 1.54) is 5.56 Å². The molecule has 3 aromatic heterocycles. The van der Waals surface area contributed by atoms with Crippen LogP contribution in [0.15, 0.2) is 42.6 Å². The molecule has 0 aliphatic rings. The Labute approximate surface area is 111 Å². The van der Waals surface area contributed by atoms with Gasteiger partial charge in [0.05, 0.1) is 0 Å². The predicted octanol–water partition coefficient (Wildman–Crippen LogP) is 3.39. The highest BCUT2D eigenvalue weighted by molar-refractivity contribution is 5.80. The van der Waals surface area contributed by atoms with Crippen molar-refractivity contribution in [1.29, 1.82) is 0 Å². The molecule has 1 N–H and O–H groups in total. The third-order valence-corrected chi connectivity index (χ3v) is 2.93. The van der Waals surface area contributed by atoms with Crippen molar-refractivity contribution < 1.29 is 0 Å². The van der Waals surface area contributed by atoms with Gasteiger partial charge in [0.15, 0.2) is 5.65 Å². The van der Waals surface area contributed by atoms with E-state index in [4.69, 9.17) is 0 Å². The Bertz CT molecular complexity index is 723. The average molecular weight is 250 g/mol. The summed E-state index contributed by atoms with van der Waals surface area (Å²) < 4.78 is 0. The fourth-order valence-corrected chi connectivity index (χ4v) is 2.07. The third-order valence-electron chi connectivity index (χ3n) is 2.93. The first kappa shape index (κ1) is 11.6. The van der Waals surface area contributed by atoms with Crippen LogP contribution in [0.2, 0.25) is 0 Å². The Kier molecular flexibility index (Phi) is 2.83. The van der Waals surface area contributed by atoms with Gasteiger partial charge in [-0.25, -0.2) is 15.0 Å². The molecule has 0 aromatic carbocycles. The monoisotopic (exact) mass is 250 g/mol. The van der Waals surface area contributed by atoms with Gasteiger partial charge in [-0.15, -0.1) is 0 Å². The van der Waals surface area contributed by atoms with Crippen LogP contribution in [0.3, 0.4) is 0 Å². The molecule has 0 amide bonds. The minimum atomic E-state index is 0.753. The molecule has 0 fully saturated rings. The second kappa shape index (κ2) is 4.65. The highest BCUT2D eigenvalue weighted by Crippen LogP contribution is 2.19. The molecule has 0 spiro atoms. The van der Waals surface area contributed by atoms with Crippen molar-refractivity contribution in [2.45, 2.75) is 13.8 Å². The summed E-state index contributed by atoms with van der Waals surface area (Å²) >= 11 is 0. The molecule has 0 atom stereocenters. The highest BCUT2D eigenvalue weighted by atomic mass is 15.1. The lowest BCUT2D eigenvalue weighted by atomic mass is 10.1. The molecular formula is C15H14N4. The summed E-state index contributed by atoms with van der Waals surface area (Å²) in [7, 11) is 0. The number of pyridine rings is 3. The summed E-state index contributed by atoms with van der Waals surface area (Å²) in [5.74, 6) is 1.53. The van der Waals surface area contributed by atoms with Crippen LogP contribution in [-0.4, -0.2) is 15.0 Å². The van der Waals surface area contributed by atoms with Crippen molar-refractivity contribution in [3.63, 3.8) is 0 Å². The molecule has 4 heteroatoms. The number of hydrogen-bond acceptors (Lipinski definition) is 4. The minimum Gasteiger partial charge on any atom is -0.325 e. The molecule has 0 bridgehead atoms. The van der Waals surface area contributed by atoms with Crippen LogP contribution in [0.4, 0.5) is 11.6 Å². The van der Waals surface area contributed by atoms with E-state index in [-0.39, 0.29) is 0 Å². The summed E-state index contributed by atoms with van der Waals surface area (Å²) in [5.41, 5.74) is 2.94.